The van der Waals surface area contributed by atoms with Crippen LogP contribution in [0, 0.1) is 0 Å². The Morgan fingerprint density at radius 2 is 1.71 bits per heavy atom. The van der Waals surface area contributed by atoms with E-state index >= 15 is 0 Å². The molecule has 1 aromatic carbocycles. The second kappa shape index (κ2) is 5.41. The highest BCUT2D eigenvalue weighted by Gasteiger charge is 2.32. The maximum absolute atomic E-state index is 10.2. The zero-order valence-electron chi connectivity index (χ0n) is 10.3. The van der Waals surface area contributed by atoms with Gasteiger partial charge in [0, 0.05) is 0 Å². The summed E-state index contributed by atoms with van der Waals surface area (Å²) in [6.45, 7) is 2.92. The van der Waals surface area contributed by atoms with E-state index in [2.05, 4.69) is 0 Å². The van der Waals surface area contributed by atoms with Gasteiger partial charge in [0.2, 0.25) is 0 Å². The lowest BCUT2D eigenvalue weighted by Gasteiger charge is -2.23. The van der Waals surface area contributed by atoms with Crippen molar-refractivity contribution in [3.05, 3.63) is 24.3 Å². The molecule has 0 amide bonds. The maximum Gasteiger partial charge on any atom is 0.161 e. The van der Waals surface area contributed by atoms with Crippen LogP contribution >= 0.6 is 0 Å². The molecule has 1 fully saturated rings. The summed E-state index contributed by atoms with van der Waals surface area (Å²) in [6, 6.07) is 7.60. The molecule has 3 heteroatoms. The molecule has 0 unspecified atom stereocenters. The summed E-state index contributed by atoms with van der Waals surface area (Å²) in [7, 11) is 0. The van der Waals surface area contributed by atoms with E-state index in [0.717, 1.165) is 37.2 Å². The number of hydrogen-bond donors (Lipinski definition) is 1. The van der Waals surface area contributed by atoms with Gasteiger partial charge < -0.3 is 14.6 Å². The topological polar surface area (TPSA) is 38.7 Å². The number of aliphatic hydroxyl groups is 1. The molecule has 0 spiro atoms. The van der Waals surface area contributed by atoms with Gasteiger partial charge in [-0.3, -0.25) is 0 Å². The third-order valence-corrected chi connectivity index (χ3v) is 3.18. The van der Waals surface area contributed by atoms with Crippen LogP contribution in [0.4, 0.5) is 0 Å². The van der Waals surface area contributed by atoms with Crippen molar-refractivity contribution in [2.45, 2.75) is 38.2 Å². The van der Waals surface area contributed by atoms with Crippen molar-refractivity contribution in [2.75, 3.05) is 13.2 Å². The summed E-state index contributed by atoms with van der Waals surface area (Å²) in [6.07, 6.45) is 3.85. The molecule has 0 heterocycles. The fraction of sp³-hybridized carbons (Fsp3) is 0.571. The first-order valence-corrected chi connectivity index (χ1v) is 6.30. The smallest absolute Gasteiger partial charge is 0.161 e. The minimum absolute atomic E-state index is 0.358. The van der Waals surface area contributed by atoms with Gasteiger partial charge in [-0.05, 0) is 31.9 Å². The standard InChI is InChI=1S/C14H20O3/c1-2-16-12-7-3-4-8-13(12)17-11-14(15)9-5-6-10-14/h3-4,7-8,15H,2,5-6,9-11H2,1H3. The molecule has 1 aliphatic rings. The van der Waals surface area contributed by atoms with Crippen molar-refractivity contribution in [1.29, 1.82) is 0 Å². The Morgan fingerprint density at radius 1 is 1.12 bits per heavy atom. The fourth-order valence-corrected chi connectivity index (χ4v) is 2.23. The summed E-state index contributed by atoms with van der Waals surface area (Å²) in [4.78, 5) is 0. The Labute approximate surface area is 102 Å². The van der Waals surface area contributed by atoms with Gasteiger partial charge in [-0.2, -0.15) is 0 Å². The first-order valence-electron chi connectivity index (χ1n) is 6.30. The Morgan fingerprint density at radius 3 is 2.29 bits per heavy atom. The van der Waals surface area contributed by atoms with Crippen molar-refractivity contribution in [2.24, 2.45) is 0 Å². The van der Waals surface area contributed by atoms with Gasteiger partial charge in [-0.15, -0.1) is 0 Å². The van der Waals surface area contributed by atoms with Crippen LogP contribution in [0.5, 0.6) is 11.5 Å². The molecule has 0 aromatic heterocycles. The number of ether oxygens (including phenoxy) is 2. The van der Waals surface area contributed by atoms with E-state index < -0.39 is 5.60 Å². The van der Waals surface area contributed by atoms with Gasteiger partial charge in [0.25, 0.3) is 0 Å². The minimum Gasteiger partial charge on any atom is -0.490 e. The molecule has 94 valence electrons. The van der Waals surface area contributed by atoms with Crippen LogP contribution in [0.15, 0.2) is 24.3 Å². The van der Waals surface area contributed by atoms with Crippen LogP contribution in [0.3, 0.4) is 0 Å². The van der Waals surface area contributed by atoms with Crippen LogP contribution in [0.2, 0.25) is 0 Å². The van der Waals surface area contributed by atoms with Crippen molar-refractivity contribution in [1.82, 2.24) is 0 Å². The van der Waals surface area contributed by atoms with E-state index in [9.17, 15) is 5.11 Å². The average molecular weight is 236 g/mol. The second-order valence-electron chi connectivity index (χ2n) is 4.60. The maximum atomic E-state index is 10.2. The SMILES string of the molecule is CCOc1ccccc1OCC1(O)CCCC1. The molecule has 0 bridgehead atoms. The molecule has 1 aliphatic carbocycles. The molecular formula is C14H20O3. The van der Waals surface area contributed by atoms with E-state index in [1.807, 2.05) is 31.2 Å². The zero-order valence-corrected chi connectivity index (χ0v) is 10.3. The predicted octanol–water partition coefficient (Wildman–Crippen LogP) is 2.77. The van der Waals surface area contributed by atoms with Gasteiger partial charge in [0.1, 0.15) is 6.61 Å². The Kier molecular flexibility index (Phi) is 3.89. The van der Waals surface area contributed by atoms with Crippen LogP contribution in [-0.4, -0.2) is 23.9 Å². The predicted molar refractivity (Wildman–Crippen MR) is 66.5 cm³/mol. The summed E-state index contributed by atoms with van der Waals surface area (Å²) < 4.78 is 11.2. The molecule has 3 nitrogen and oxygen atoms in total. The average Bonchev–Trinajstić information content (AvgIpc) is 2.76. The van der Waals surface area contributed by atoms with Gasteiger partial charge >= 0.3 is 0 Å². The first-order chi connectivity index (χ1) is 8.23. The molecule has 0 aliphatic heterocycles. The molecule has 1 N–H and O–H groups in total. The van der Waals surface area contributed by atoms with Crippen molar-refractivity contribution in [3.63, 3.8) is 0 Å². The third-order valence-electron chi connectivity index (χ3n) is 3.18. The van der Waals surface area contributed by atoms with E-state index in [1.54, 1.807) is 0 Å². The van der Waals surface area contributed by atoms with Crippen molar-refractivity contribution < 1.29 is 14.6 Å². The minimum atomic E-state index is -0.640. The van der Waals surface area contributed by atoms with Gasteiger partial charge in [0.15, 0.2) is 11.5 Å². The van der Waals surface area contributed by atoms with Gasteiger partial charge in [-0.1, -0.05) is 25.0 Å². The van der Waals surface area contributed by atoms with E-state index in [1.165, 1.54) is 0 Å². The van der Waals surface area contributed by atoms with Crippen LogP contribution < -0.4 is 9.47 Å². The third kappa shape index (κ3) is 3.13. The van der Waals surface area contributed by atoms with E-state index in [-0.39, 0.29) is 0 Å². The largest absolute Gasteiger partial charge is 0.490 e. The lowest BCUT2D eigenvalue weighted by molar-refractivity contribution is 0.000610. The molecule has 0 radical (unpaired) electrons. The molecule has 1 saturated carbocycles. The molecule has 0 atom stereocenters. The number of para-hydroxylation sites is 2. The van der Waals surface area contributed by atoms with Gasteiger partial charge in [-0.25, -0.2) is 0 Å². The van der Waals surface area contributed by atoms with Crippen LogP contribution in [0.1, 0.15) is 32.6 Å². The summed E-state index contributed by atoms with van der Waals surface area (Å²) >= 11 is 0. The fourth-order valence-electron chi connectivity index (χ4n) is 2.23. The van der Waals surface area contributed by atoms with Crippen molar-refractivity contribution >= 4 is 0 Å². The Balaban J connectivity index is 1.98. The number of rotatable bonds is 5. The summed E-state index contributed by atoms with van der Waals surface area (Å²) in [5.41, 5.74) is -0.640. The lowest BCUT2D eigenvalue weighted by atomic mass is 10.0. The number of hydrogen-bond acceptors (Lipinski definition) is 3. The second-order valence-corrected chi connectivity index (χ2v) is 4.60. The molecule has 1 aromatic rings. The Hall–Kier alpha value is -1.22. The van der Waals surface area contributed by atoms with E-state index in [0.29, 0.717) is 13.2 Å². The highest BCUT2D eigenvalue weighted by atomic mass is 16.5. The molecule has 17 heavy (non-hydrogen) atoms. The van der Waals surface area contributed by atoms with Crippen molar-refractivity contribution in [3.8, 4) is 11.5 Å². The molecule has 0 saturated heterocycles. The first kappa shape index (κ1) is 12.2. The number of benzene rings is 1. The summed E-state index contributed by atoms with van der Waals surface area (Å²) in [5.74, 6) is 1.46. The zero-order chi connectivity index (χ0) is 12.1. The van der Waals surface area contributed by atoms with Gasteiger partial charge in [0.05, 0.1) is 12.2 Å². The lowest BCUT2D eigenvalue weighted by Crippen LogP contribution is -2.32. The van der Waals surface area contributed by atoms with Crippen LogP contribution in [-0.2, 0) is 0 Å². The quantitative estimate of drug-likeness (QED) is 0.854. The molecular weight excluding hydrogens is 216 g/mol. The summed E-state index contributed by atoms with van der Waals surface area (Å²) in [5, 5.41) is 10.2. The van der Waals surface area contributed by atoms with Crippen LogP contribution in [0.25, 0.3) is 0 Å². The monoisotopic (exact) mass is 236 g/mol. The Bertz CT molecular complexity index is 356. The normalized spacial score (nSPS) is 18.0. The highest BCUT2D eigenvalue weighted by molar-refractivity contribution is 5.39. The molecule has 2 rings (SSSR count). The van der Waals surface area contributed by atoms with E-state index in [4.69, 9.17) is 9.47 Å². The highest BCUT2D eigenvalue weighted by Crippen LogP contribution is 2.32.